The molecule has 0 saturated heterocycles. The van der Waals surface area contributed by atoms with E-state index in [1.807, 2.05) is 6.92 Å². The third kappa shape index (κ3) is 8.12. The molecule has 0 radical (unpaired) electrons. The number of aromatic amines is 1. The lowest BCUT2D eigenvalue weighted by Crippen LogP contribution is -2.66. The van der Waals surface area contributed by atoms with E-state index in [0.29, 0.717) is 38.5 Å². The number of carboxylic acid groups (broad SMARTS) is 1. The lowest BCUT2D eigenvalue weighted by molar-refractivity contribution is -0.137. The summed E-state index contributed by atoms with van der Waals surface area (Å²) in [6.45, 7) is 3.59. The first kappa shape index (κ1) is 35.1. The first-order valence-electron chi connectivity index (χ1n) is 14.3. The third-order valence-corrected chi connectivity index (χ3v) is 9.07. The summed E-state index contributed by atoms with van der Waals surface area (Å²) >= 11 is 12.7. The SMILES string of the molecule is CCC(C)[C@H](NC(=O)[C@@]1(NC(=O)[C@H](Cc2ccc(OP(=O)(O)O)cc2)NC(=O)O)CCc2[nH]c3c(Cl)cc(Cl)cc3c2C1)C(N)=O. The van der Waals surface area contributed by atoms with Gasteiger partial charge in [-0.15, -0.1) is 0 Å². The van der Waals surface area contributed by atoms with E-state index in [2.05, 4.69) is 25.5 Å². The van der Waals surface area contributed by atoms with Crippen LogP contribution in [0.3, 0.4) is 0 Å². The number of carbonyl (C=O) groups excluding carboxylic acids is 3. The van der Waals surface area contributed by atoms with Gasteiger partial charge in [-0.1, -0.05) is 55.6 Å². The van der Waals surface area contributed by atoms with Crippen LogP contribution in [0.15, 0.2) is 36.4 Å². The number of halogens is 2. The molecule has 4 rings (SSSR count). The quantitative estimate of drug-likeness (QED) is 0.130. The molecule has 9 N–H and O–H groups in total. The Balaban J connectivity index is 1.70. The molecule has 17 heteroatoms. The van der Waals surface area contributed by atoms with Crippen molar-refractivity contribution in [3.63, 3.8) is 0 Å². The van der Waals surface area contributed by atoms with Gasteiger partial charge in [-0.05, 0) is 54.2 Å². The summed E-state index contributed by atoms with van der Waals surface area (Å²) in [5.41, 5.74) is 6.46. The molecule has 0 saturated carbocycles. The number of benzene rings is 2. The van der Waals surface area contributed by atoms with Crippen molar-refractivity contribution in [2.24, 2.45) is 11.7 Å². The van der Waals surface area contributed by atoms with Gasteiger partial charge in [0.1, 0.15) is 23.4 Å². The Labute approximate surface area is 273 Å². The van der Waals surface area contributed by atoms with Gasteiger partial charge in [0.25, 0.3) is 0 Å². The Morgan fingerprint density at radius 2 is 1.80 bits per heavy atom. The predicted molar refractivity (Wildman–Crippen MR) is 170 cm³/mol. The van der Waals surface area contributed by atoms with E-state index in [0.717, 1.165) is 5.69 Å². The van der Waals surface area contributed by atoms with E-state index < -0.39 is 49.3 Å². The van der Waals surface area contributed by atoms with Crippen LogP contribution in [0.2, 0.25) is 10.0 Å². The maximum Gasteiger partial charge on any atom is 0.524 e. The number of nitrogens with two attached hydrogens (primary N) is 1. The molecule has 1 aliphatic rings. The monoisotopic (exact) mass is 697 g/mol. The van der Waals surface area contributed by atoms with Gasteiger partial charge >= 0.3 is 13.9 Å². The van der Waals surface area contributed by atoms with Crippen LogP contribution >= 0.6 is 31.0 Å². The second kappa shape index (κ2) is 13.9. The molecule has 14 nitrogen and oxygen atoms in total. The number of hydrogen-bond acceptors (Lipinski definition) is 6. The Kier molecular flexibility index (Phi) is 10.6. The van der Waals surface area contributed by atoms with Gasteiger partial charge in [-0.2, -0.15) is 0 Å². The lowest BCUT2D eigenvalue weighted by atomic mass is 9.78. The fraction of sp³-hybridized carbons (Fsp3) is 0.379. The molecule has 4 atom stereocenters. The summed E-state index contributed by atoms with van der Waals surface area (Å²) in [5, 5.41) is 18.6. The van der Waals surface area contributed by atoms with Gasteiger partial charge in [0.2, 0.25) is 17.7 Å². The summed E-state index contributed by atoms with van der Waals surface area (Å²) in [5.74, 6) is -2.71. The van der Waals surface area contributed by atoms with Crippen molar-refractivity contribution in [2.45, 2.75) is 63.6 Å². The molecule has 0 fully saturated rings. The normalized spacial score (nSPS) is 18.1. The van der Waals surface area contributed by atoms with Crippen LogP contribution in [0.5, 0.6) is 5.75 Å². The zero-order valence-electron chi connectivity index (χ0n) is 24.8. The topological polar surface area (TPSA) is 233 Å². The van der Waals surface area contributed by atoms with Gasteiger partial charge in [0, 0.05) is 28.9 Å². The fourth-order valence-corrected chi connectivity index (χ4v) is 6.52. The molecule has 4 amide bonds. The summed E-state index contributed by atoms with van der Waals surface area (Å²) in [7, 11) is -4.81. The van der Waals surface area contributed by atoms with Crippen molar-refractivity contribution in [2.75, 3.05) is 0 Å². The van der Waals surface area contributed by atoms with E-state index >= 15 is 0 Å². The molecule has 0 aliphatic heterocycles. The Morgan fingerprint density at radius 1 is 1.13 bits per heavy atom. The fourth-order valence-electron chi connectivity index (χ4n) is 5.58. The maximum atomic E-state index is 14.1. The molecule has 248 valence electrons. The number of primary amides is 1. The van der Waals surface area contributed by atoms with Crippen LogP contribution in [0.1, 0.15) is 43.5 Å². The highest BCUT2D eigenvalue weighted by molar-refractivity contribution is 7.46. The third-order valence-electron chi connectivity index (χ3n) is 8.11. The maximum absolute atomic E-state index is 14.1. The molecule has 2 aromatic carbocycles. The van der Waals surface area contributed by atoms with E-state index in [9.17, 15) is 28.8 Å². The first-order chi connectivity index (χ1) is 21.5. The minimum absolute atomic E-state index is 0.0449. The number of phosphoric acid groups is 1. The zero-order chi connectivity index (χ0) is 34.0. The van der Waals surface area contributed by atoms with Crippen LogP contribution in [0.25, 0.3) is 10.9 Å². The Bertz CT molecular complexity index is 1710. The number of nitrogens with one attached hydrogen (secondary N) is 4. The second-order valence-electron chi connectivity index (χ2n) is 11.3. The molecule has 1 aliphatic carbocycles. The minimum Gasteiger partial charge on any atom is -0.465 e. The van der Waals surface area contributed by atoms with Crippen LogP contribution in [-0.4, -0.2) is 61.3 Å². The standard InChI is InChI=1S/C29H34Cl2N5O9P/c1-3-14(2)23(25(32)37)35-27(39)29(9-8-21-19(13-29)18-11-16(30)12-20(31)24(18)33-21)36-26(38)22(34-28(40)41)10-15-4-6-17(7-5-15)45-46(42,43)44/h4-7,11-12,14,22-23,33-34H,3,8-10,13H2,1-2H3,(H2,32,37)(H,35,39)(H,36,38)(H,40,41)(H2,42,43,44)/t14?,22-,23-,29+/m0/s1. The van der Waals surface area contributed by atoms with Gasteiger partial charge in [0.15, 0.2) is 0 Å². The van der Waals surface area contributed by atoms with E-state index in [-0.39, 0.29) is 37.4 Å². The largest absolute Gasteiger partial charge is 0.524 e. The zero-order valence-corrected chi connectivity index (χ0v) is 27.2. The number of amides is 4. The molecule has 1 heterocycles. The molecule has 1 unspecified atom stereocenters. The summed E-state index contributed by atoms with van der Waals surface area (Å²) in [4.78, 5) is 73.4. The minimum atomic E-state index is -4.81. The number of aromatic nitrogens is 1. The van der Waals surface area contributed by atoms with Crippen molar-refractivity contribution in [3.05, 3.63) is 63.3 Å². The van der Waals surface area contributed by atoms with Gasteiger partial charge in [-0.3, -0.25) is 24.2 Å². The van der Waals surface area contributed by atoms with Crippen LogP contribution < -0.4 is 26.2 Å². The Hall–Kier alpha value is -3.81. The number of rotatable bonds is 12. The van der Waals surface area contributed by atoms with E-state index in [1.54, 1.807) is 19.1 Å². The number of H-pyrrole nitrogens is 1. The highest BCUT2D eigenvalue weighted by atomic mass is 35.5. The first-order valence-corrected chi connectivity index (χ1v) is 16.5. The van der Waals surface area contributed by atoms with Crippen molar-refractivity contribution in [1.29, 1.82) is 0 Å². The molecule has 0 spiro atoms. The summed E-state index contributed by atoms with van der Waals surface area (Å²) in [6, 6.07) is 6.16. The molecular weight excluding hydrogens is 664 g/mol. The van der Waals surface area contributed by atoms with Crippen molar-refractivity contribution in [3.8, 4) is 5.75 Å². The molecular formula is C29H34Cl2N5O9P. The predicted octanol–water partition coefficient (Wildman–Crippen LogP) is 3.19. The molecule has 46 heavy (non-hydrogen) atoms. The smallest absolute Gasteiger partial charge is 0.465 e. The molecule has 3 aromatic rings. The van der Waals surface area contributed by atoms with Gasteiger partial charge in [-0.25, -0.2) is 9.36 Å². The van der Waals surface area contributed by atoms with Crippen LogP contribution in [-0.2, 0) is 38.2 Å². The summed E-state index contributed by atoms with van der Waals surface area (Å²) in [6.07, 6.45) is -0.843. The van der Waals surface area contributed by atoms with E-state index in [4.69, 9.17) is 38.7 Å². The van der Waals surface area contributed by atoms with Gasteiger partial charge < -0.3 is 36.3 Å². The van der Waals surface area contributed by atoms with Gasteiger partial charge in [0.05, 0.1) is 10.5 Å². The van der Waals surface area contributed by atoms with Crippen LogP contribution in [0, 0.1) is 5.92 Å². The lowest BCUT2D eigenvalue weighted by Gasteiger charge is -2.39. The summed E-state index contributed by atoms with van der Waals surface area (Å²) < 4.78 is 15.7. The average Bonchev–Trinajstić information content (AvgIpc) is 3.32. The van der Waals surface area contributed by atoms with E-state index in [1.165, 1.54) is 24.3 Å². The average molecular weight is 698 g/mol. The van der Waals surface area contributed by atoms with Crippen molar-refractivity contribution in [1.82, 2.24) is 20.9 Å². The molecule has 1 aromatic heterocycles. The van der Waals surface area contributed by atoms with Crippen LogP contribution in [0.4, 0.5) is 4.79 Å². The number of hydrogen-bond donors (Lipinski definition) is 8. The number of fused-ring (bicyclic) bond motifs is 3. The Morgan fingerprint density at radius 3 is 2.39 bits per heavy atom. The van der Waals surface area contributed by atoms with Crippen molar-refractivity contribution < 1.29 is 43.2 Å². The van der Waals surface area contributed by atoms with Crippen molar-refractivity contribution >= 4 is 65.7 Å². The number of carbonyl (C=O) groups is 4. The highest BCUT2D eigenvalue weighted by Gasteiger charge is 2.46. The number of phosphoric ester groups is 1. The highest BCUT2D eigenvalue weighted by Crippen LogP contribution is 2.39. The second-order valence-corrected chi connectivity index (χ2v) is 13.3. The number of aryl methyl sites for hydroxylation is 1. The molecule has 0 bridgehead atoms.